The van der Waals surface area contributed by atoms with Crippen LogP contribution in [0.25, 0.3) is 0 Å². The van der Waals surface area contributed by atoms with Crippen molar-refractivity contribution in [3.8, 4) is 0 Å². The van der Waals surface area contributed by atoms with Crippen molar-refractivity contribution >= 4 is 27.3 Å². The lowest BCUT2D eigenvalue weighted by Gasteiger charge is -2.11. The normalized spacial score (nSPS) is 13.2. The molecule has 1 atom stereocenters. The SMILES string of the molecule is CC(CCO)NCc1sccc1Br. The molecule has 0 spiro atoms. The van der Waals surface area contributed by atoms with Gasteiger partial charge in [0, 0.05) is 28.5 Å². The van der Waals surface area contributed by atoms with Gasteiger partial charge in [-0.3, -0.25) is 0 Å². The second-order valence-corrected chi connectivity index (χ2v) is 4.84. The van der Waals surface area contributed by atoms with Crippen LogP contribution in [0.3, 0.4) is 0 Å². The third kappa shape index (κ3) is 3.77. The Morgan fingerprint density at radius 3 is 3.00 bits per heavy atom. The van der Waals surface area contributed by atoms with Gasteiger partial charge in [0.25, 0.3) is 0 Å². The van der Waals surface area contributed by atoms with Crippen LogP contribution < -0.4 is 5.32 Å². The molecule has 2 nitrogen and oxygen atoms in total. The zero-order valence-corrected chi connectivity index (χ0v) is 9.99. The first-order valence-electron chi connectivity index (χ1n) is 4.30. The van der Waals surface area contributed by atoms with Gasteiger partial charge >= 0.3 is 0 Å². The van der Waals surface area contributed by atoms with Gasteiger partial charge in [0.05, 0.1) is 0 Å². The topological polar surface area (TPSA) is 32.3 Å². The molecule has 0 aliphatic rings. The van der Waals surface area contributed by atoms with E-state index >= 15 is 0 Å². The van der Waals surface area contributed by atoms with Crippen LogP contribution in [-0.2, 0) is 6.54 Å². The summed E-state index contributed by atoms with van der Waals surface area (Å²) >= 11 is 5.21. The summed E-state index contributed by atoms with van der Waals surface area (Å²) in [5.41, 5.74) is 0. The predicted octanol–water partition coefficient (Wildman–Crippen LogP) is 2.37. The second-order valence-electron chi connectivity index (χ2n) is 2.99. The van der Waals surface area contributed by atoms with E-state index in [1.165, 1.54) is 9.35 Å². The maximum Gasteiger partial charge on any atom is 0.0445 e. The van der Waals surface area contributed by atoms with E-state index in [1.807, 2.05) is 0 Å². The molecule has 74 valence electrons. The molecule has 0 bridgehead atoms. The zero-order chi connectivity index (χ0) is 9.68. The highest BCUT2D eigenvalue weighted by Crippen LogP contribution is 2.22. The third-order valence-electron chi connectivity index (χ3n) is 1.86. The van der Waals surface area contributed by atoms with Crippen LogP contribution in [0.15, 0.2) is 15.9 Å². The Labute approximate surface area is 91.1 Å². The summed E-state index contributed by atoms with van der Waals surface area (Å²) in [5, 5.41) is 14.1. The molecule has 0 aliphatic carbocycles. The van der Waals surface area contributed by atoms with Crippen molar-refractivity contribution in [2.24, 2.45) is 0 Å². The van der Waals surface area contributed by atoms with Crippen LogP contribution in [0.1, 0.15) is 18.2 Å². The first-order valence-corrected chi connectivity index (χ1v) is 5.97. The van der Waals surface area contributed by atoms with Crippen molar-refractivity contribution in [2.75, 3.05) is 6.61 Å². The molecule has 1 heterocycles. The van der Waals surface area contributed by atoms with E-state index in [2.05, 4.69) is 39.6 Å². The van der Waals surface area contributed by atoms with Crippen molar-refractivity contribution in [3.05, 3.63) is 20.8 Å². The van der Waals surface area contributed by atoms with Crippen LogP contribution in [0.5, 0.6) is 0 Å². The van der Waals surface area contributed by atoms with Crippen molar-refractivity contribution in [2.45, 2.75) is 25.9 Å². The quantitative estimate of drug-likeness (QED) is 0.855. The predicted molar refractivity (Wildman–Crippen MR) is 60.0 cm³/mol. The number of nitrogens with one attached hydrogen (secondary N) is 1. The lowest BCUT2D eigenvalue weighted by molar-refractivity contribution is 0.269. The number of aliphatic hydroxyl groups is 1. The zero-order valence-electron chi connectivity index (χ0n) is 7.59. The average molecular weight is 264 g/mol. The van der Waals surface area contributed by atoms with E-state index in [4.69, 9.17) is 5.11 Å². The van der Waals surface area contributed by atoms with Crippen molar-refractivity contribution in [1.82, 2.24) is 5.32 Å². The molecule has 0 radical (unpaired) electrons. The summed E-state index contributed by atoms with van der Waals surface area (Å²) in [6.07, 6.45) is 0.809. The van der Waals surface area contributed by atoms with Crippen LogP contribution in [0.4, 0.5) is 0 Å². The molecule has 0 saturated heterocycles. The summed E-state index contributed by atoms with van der Waals surface area (Å²) in [6.45, 7) is 3.21. The number of aliphatic hydroxyl groups excluding tert-OH is 1. The molecule has 1 rings (SSSR count). The van der Waals surface area contributed by atoms with E-state index in [1.54, 1.807) is 11.3 Å². The maximum absolute atomic E-state index is 8.70. The number of halogens is 1. The molecule has 0 aliphatic heterocycles. The fourth-order valence-corrected chi connectivity index (χ4v) is 2.46. The monoisotopic (exact) mass is 263 g/mol. The summed E-state index contributed by atoms with van der Waals surface area (Å²) in [6, 6.07) is 2.43. The molecule has 0 fully saturated rings. The molecule has 1 aromatic heterocycles. The Kier molecular flexibility index (Phi) is 4.94. The smallest absolute Gasteiger partial charge is 0.0445 e. The molecule has 4 heteroatoms. The molecule has 1 aromatic rings. The lowest BCUT2D eigenvalue weighted by Crippen LogP contribution is -2.26. The first kappa shape index (κ1) is 11.2. The Morgan fingerprint density at radius 1 is 1.69 bits per heavy atom. The number of thiophene rings is 1. The number of hydrogen-bond donors (Lipinski definition) is 2. The van der Waals surface area contributed by atoms with Gasteiger partial charge in [-0.2, -0.15) is 0 Å². The van der Waals surface area contributed by atoms with Gasteiger partial charge in [-0.15, -0.1) is 11.3 Å². The minimum atomic E-state index is 0.250. The largest absolute Gasteiger partial charge is 0.396 e. The Morgan fingerprint density at radius 2 is 2.46 bits per heavy atom. The van der Waals surface area contributed by atoms with E-state index < -0.39 is 0 Å². The van der Waals surface area contributed by atoms with Crippen molar-refractivity contribution in [1.29, 1.82) is 0 Å². The van der Waals surface area contributed by atoms with Crippen LogP contribution in [0.2, 0.25) is 0 Å². The molecule has 13 heavy (non-hydrogen) atoms. The average Bonchev–Trinajstić information content (AvgIpc) is 2.48. The van der Waals surface area contributed by atoms with Gasteiger partial charge in [0.15, 0.2) is 0 Å². The maximum atomic E-state index is 8.70. The minimum Gasteiger partial charge on any atom is -0.396 e. The summed E-state index contributed by atoms with van der Waals surface area (Å²) in [7, 11) is 0. The van der Waals surface area contributed by atoms with Gasteiger partial charge in [0.1, 0.15) is 0 Å². The van der Waals surface area contributed by atoms with E-state index in [-0.39, 0.29) is 6.61 Å². The van der Waals surface area contributed by atoms with Gasteiger partial charge in [-0.1, -0.05) is 0 Å². The van der Waals surface area contributed by atoms with Crippen molar-refractivity contribution in [3.63, 3.8) is 0 Å². The van der Waals surface area contributed by atoms with Gasteiger partial charge < -0.3 is 10.4 Å². The minimum absolute atomic E-state index is 0.250. The van der Waals surface area contributed by atoms with Crippen molar-refractivity contribution < 1.29 is 5.11 Å². The van der Waals surface area contributed by atoms with Gasteiger partial charge in [-0.05, 0) is 40.7 Å². The number of rotatable bonds is 5. The Hall–Kier alpha value is 0.100. The van der Waals surface area contributed by atoms with Gasteiger partial charge in [0.2, 0.25) is 0 Å². The van der Waals surface area contributed by atoms with Gasteiger partial charge in [-0.25, -0.2) is 0 Å². The van der Waals surface area contributed by atoms with E-state index in [0.717, 1.165) is 13.0 Å². The standard InChI is InChI=1S/C9H14BrNOS/c1-7(2-4-12)11-6-9-8(10)3-5-13-9/h3,5,7,11-12H,2,4,6H2,1H3. The third-order valence-corrected chi connectivity index (χ3v) is 3.79. The summed E-state index contributed by atoms with van der Waals surface area (Å²) < 4.78 is 1.17. The Balaban J connectivity index is 2.30. The molecule has 2 N–H and O–H groups in total. The van der Waals surface area contributed by atoms with E-state index in [0.29, 0.717) is 6.04 Å². The van der Waals surface area contributed by atoms with Crippen LogP contribution in [0, 0.1) is 0 Å². The molecule has 1 unspecified atom stereocenters. The Bertz CT molecular complexity index is 252. The van der Waals surface area contributed by atoms with E-state index in [9.17, 15) is 0 Å². The lowest BCUT2D eigenvalue weighted by atomic mass is 10.2. The highest BCUT2D eigenvalue weighted by atomic mass is 79.9. The molecule has 0 aromatic carbocycles. The highest BCUT2D eigenvalue weighted by molar-refractivity contribution is 9.10. The fourth-order valence-electron chi connectivity index (χ4n) is 1.01. The molecule has 0 amide bonds. The first-order chi connectivity index (χ1) is 6.24. The highest BCUT2D eigenvalue weighted by Gasteiger charge is 2.03. The molecular formula is C9H14BrNOS. The molecular weight excluding hydrogens is 250 g/mol. The van der Waals surface area contributed by atoms with Crippen LogP contribution >= 0.6 is 27.3 Å². The second kappa shape index (κ2) is 5.75. The molecule has 0 saturated carbocycles. The summed E-state index contributed by atoms with van der Waals surface area (Å²) in [5.74, 6) is 0. The fraction of sp³-hybridized carbons (Fsp3) is 0.556. The summed E-state index contributed by atoms with van der Waals surface area (Å²) in [4.78, 5) is 1.31. The number of hydrogen-bond acceptors (Lipinski definition) is 3. The van der Waals surface area contributed by atoms with Crippen LogP contribution in [-0.4, -0.2) is 17.8 Å².